The molecule has 4 nitrogen and oxygen atoms in total. The lowest BCUT2D eigenvalue weighted by atomic mass is 9.85. The van der Waals surface area contributed by atoms with Crippen molar-refractivity contribution in [1.82, 2.24) is 0 Å². The molecule has 0 atom stereocenters. The molecule has 0 aromatic carbocycles. The number of rotatable bonds is 3. The predicted molar refractivity (Wildman–Crippen MR) is 45.0 cm³/mol. The van der Waals surface area contributed by atoms with Gasteiger partial charge >= 0.3 is 0 Å². The van der Waals surface area contributed by atoms with Crippen molar-refractivity contribution in [3.63, 3.8) is 0 Å². The lowest BCUT2D eigenvalue weighted by molar-refractivity contribution is -0.469. The number of hydrogen-bond donors (Lipinski definition) is 1. The Morgan fingerprint density at radius 2 is 1.69 bits per heavy atom. The SMILES string of the molecule is CCC12OCC(CCO)(CO1)CO2. The average Bonchev–Trinajstić information content (AvgIpc) is 2.21. The highest BCUT2D eigenvalue weighted by Gasteiger charge is 2.51. The van der Waals surface area contributed by atoms with Crippen LogP contribution in [0, 0.1) is 5.41 Å². The summed E-state index contributed by atoms with van der Waals surface area (Å²) in [5.74, 6) is -0.781. The first-order chi connectivity index (χ1) is 6.24. The number of ether oxygens (including phenoxy) is 3. The van der Waals surface area contributed by atoms with Gasteiger partial charge in [0.1, 0.15) is 0 Å². The van der Waals surface area contributed by atoms with Crippen LogP contribution >= 0.6 is 0 Å². The first-order valence-corrected chi connectivity index (χ1v) is 4.77. The molecule has 3 fully saturated rings. The average molecular weight is 188 g/mol. The fourth-order valence-electron chi connectivity index (χ4n) is 1.80. The Hall–Kier alpha value is -0.160. The minimum Gasteiger partial charge on any atom is -0.396 e. The van der Waals surface area contributed by atoms with Crippen molar-refractivity contribution in [3.05, 3.63) is 0 Å². The number of aliphatic hydroxyl groups is 1. The van der Waals surface area contributed by atoms with Gasteiger partial charge in [0.15, 0.2) is 0 Å². The van der Waals surface area contributed by atoms with E-state index in [1.54, 1.807) is 0 Å². The Bertz CT molecular complexity index is 168. The lowest BCUT2D eigenvalue weighted by Gasteiger charge is -2.51. The summed E-state index contributed by atoms with van der Waals surface area (Å²) in [6.07, 6.45) is 1.40. The van der Waals surface area contributed by atoms with E-state index in [0.717, 1.165) is 0 Å². The van der Waals surface area contributed by atoms with Gasteiger partial charge in [0.25, 0.3) is 5.97 Å². The minimum absolute atomic E-state index is 0.105. The Labute approximate surface area is 77.8 Å². The zero-order valence-electron chi connectivity index (χ0n) is 7.91. The van der Waals surface area contributed by atoms with Crippen LogP contribution in [0.2, 0.25) is 0 Å². The van der Waals surface area contributed by atoms with Crippen LogP contribution in [0.25, 0.3) is 0 Å². The highest BCUT2D eigenvalue weighted by Crippen LogP contribution is 2.41. The second-order valence-corrected chi connectivity index (χ2v) is 3.88. The molecule has 2 bridgehead atoms. The Balaban J connectivity index is 2.03. The first-order valence-electron chi connectivity index (χ1n) is 4.77. The summed E-state index contributed by atoms with van der Waals surface area (Å²) in [6, 6.07) is 0. The van der Waals surface area contributed by atoms with Gasteiger partial charge in [-0.25, -0.2) is 0 Å². The maximum Gasteiger partial charge on any atom is 0.282 e. The van der Waals surface area contributed by atoms with E-state index in [9.17, 15) is 0 Å². The van der Waals surface area contributed by atoms with E-state index in [2.05, 4.69) is 0 Å². The van der Waals surface area contributed by atoms with Crippen LogP contribution in [-0.4, -0.2) is 37.5 Å². The smallest absolute Gasteiger partial charge is 0.282 e. The van der Waals surface area contributed by atoms with Gasteiger partial charge in [-0.15, -0.1) is 0 Å². The summed E-state index contributed by atoms with van der Waals surface area (Å²) in [5, 5.41) is 8.89. The zero-order chi connectivity index (χ0) is 9.36. The van der Waals surface area contributed by atoms with Gasteiger partial charge in [-0.1, -0.05) is 6.92 Å². The van der Waals surface area contributed by atoms with Crippen molar-refractivity contribution in [3.8, 4) is 0 Å². The predicted octanol–water partition coefficient (Wildman–Crippen LogP) is 0.496. The van der Waals surface area contributed by atoms with Crippen LogP contribution in [0.3, 0.4) is 0 Å². The van der Waals surface area contributed by atoms with E-state index < -0.39 is 5.97 Å². The molecule has 3 heterocycles. The normalized spacial score (nSPS) is 43.8. The summed E-state index contributed by atoms with van der Waals surface area (Å²) in [7, 11) is 0. The van der Waals surface area contributed by atoms with Gasteiger partial charge in [0.05, 0.1) is 19.8 Å². The molecule has 0 spiro atoms. The molecule has 1 N–H and O–H groups in total. The van der Waals surface area contributed by atoms with E-state index in [4.69, 9.17) is 19.3 Å². The quantitative estimate of drug-likeness (QED) is 0.700. The zero-order valence-corrected chi connectivity index (χ0v) is 7.91. The van der Waals surface area contributed by atoms with Crippen molar-refractivity contribution in [2.75, 3.05) is 26.4 Å². The number of hydrogen-bond acceptors (Lipinski definition) is 4. The van der Waals surface area contributed by atoms with Crippen LogP contribution in [0.15, 0.2) is 0 Å². The summed E-state index contributed by atoms with van der Waals surface area (Å²) in [4.78, 5) is 0. The van der Waals surface area contributed by atoms with Crippen LogP contribution in [0.1, 0.15) is 19.8 Å². The Morgan fingerprint density at radius 3 is 2.08 bits per heavy atom. The topological polar surface area (TPSA) is 47.9 Å². The van der Waals surface area contributed by atoms with Gasteiger partial charge in [0.2, 0.25) is 0 Å². The van der Waals surface area contributed by atoms with E-state index >= 15 is 0 Å². The molecular weight excluding hydrogens is 172 g/mol. The molecule has 3 aliphatic rings. The second-order valence-electron chi connectivity index (χ2n) is 3.88. The molecule has 0 amide bonds. The highest BCUT2D eigenvalue weighted by molar-refractivity contribution is 4.87. The molecule has 3 rings (SSSR count). The summed E-state index contributed by atoms with van der Waals surface area (Å²) < 4.78 is 16.5. The van der Waals surface area contributed by atoms with Gasteiger partial charge < -0.3 is 19.3 Å². The van der Waals surface area contributed by atoms with E-state index in [1.165, 1.54) is 0 Å². The third-order valence-corrected chi connectivity index (χ3v) is 2.87. The van der Waals surface area contributed by atoms with E-state index in [-0.39, 0.29) is 12.0 Å². The fraction of sp³-hybridized carbons (Fsp3) is 1.00. The maximum absolute atomic E-state index is 8.89. The molecule has 0 aliphatic carbocycles. The van der Waals surface area contributed by atoms with Crippen LogP contribution < -0.4 is 0 Å². The fourth-order valence-corrected chi connectivity index (χ4v) is 1.80. The van der Waals surface area contributed by atoms with Crippen molar-refractivity contribution < 1.29 is 19.3 Å². The van der Waals surface area contributed by atoms with Crippen molar-refractivity contribution in [1.29, 1.82) is 0 Å². The van der Waals surface area contributed by atoms with Crippen LogP contribution in [0.4, 0.5) is 0 Å². The van der Waals surface area contributed by atoms with Gasteiger partial charge in [-0.2, -0.15) is 0 Å². The first kappa shape index (κ1) is 9.40. The van der Waals surface area contributed by atoms with E-state index in [1.807, 2.05) is 6.92 Å². The van der Waals surface area contributed by atoms with Gasteiger partial charge in [0, 0.05) is 18.4 Å². The van der Waals surface area contributed by atoms with Crippen molar-refractivity contribution in [2.45, 2.75) is 25.7 Å². The standard InChI is InChI=1S/C9H16O4/c1-2-9-11-5-8(3-4-10,6-12-9)7-13-9/h10H,2-7H2,1H3. The molecule has 76 valence electrons. The van der Waals surface area contributed by atoms with Crippen LogP contribution in [0.5, 0.6) is 0 Å². The molecule has 3 saturated heterocycles. The molecule has 0 aromatic rings. The Kier molecular flexibility index (Phi) is 2.32. The molecule has 4 heteroatoms. The van der Waals surface area contributed by atoms with Gasteiger partial charge in [-0.3, -0.25) is 0 Å². The third-order valence-electron chi connectivity index (χ3n) is 2.87. The second kappa shape index (κ2) is 3.20. The minimum atomic E-state index is -0.781. The van der Waals surface area contributed by atoms with Crippen LogP contribution in [-0.2, 0) is 14.2 Å². The number of aliphatic hydroxyl groups excluding tert-OH is 1. The number of fused-ring (bicyclic) bond motifs is 3. The molecular formula is C9H16O4. The van der Waals surface area contributed by atoms with Crippen molar-refractivity contribution >= 4 is 0 Å². The van der Waals surface area contributed by atoms with Crippen molar-refractivity contribution in [2.24, 2.45) is 5.41 Å². The van der Waals surface area contributed by atoms with Gasteiger partial charge in [-0.05, 0) is 6.42 Å². The molecule has 0 aromatic heterocycles. The third kappa shape index (κ3) is 1.48. The highest BCUT2D eigenvalue weighted by atomic mass is 16.9. The summed E-state index contributed by atoms with van der Waals surface area (Å²) >= 11 is 0. The summed E-state index contributed by atoms with van der Waals surface area (Å²) in [6.45, 7) is 4.06. The molecule has 3 aliphatic heterocycles. The maximum atomic E-state index is 8.89. The molecule has 0 unspecified atom stereocenters. The lowest BCUT2D eigenvalue weighted by Crippen LogP contribution is -2.59. The van der Waals surface area contributed by atoms with E-state index in [0.29, 0.717) is 32.7 Å². The molecule has 13 heavy (non-hydrogen) atoms. The monoisotopic (exact) mass is 188 g/mol. The Morgan fingerprint density at radius 1 is 1.15 bits per heavy atom. The summed E-state index contributed by atoms with van der Waals surface area (Å²) in [5.41, 5.74) is -0.105. The largest absolute Gasteiger partial charge is 0.396 e. The molecule has 0 radical (unpaired) electrons. The molecule has 0 saturated carbocycles.